The Balaban J connectivity index is 1.49. The number of likely N-dealkylation sites (tertiary alicyclic amines) is 1. The molecule has 0 spiro atoms. The number of anilines is 1. The SMILES string of the molecule is CN(C(=O)[C@@H]1CCCN1C(=O)[C@@H](NC(=O)/C=C/c1ccc2c(c1)C(O)C(C(=O)O)(C(=O)O)O2)C(C)(C)C)c1cccc(Cl)c1. The van der Waals surface area contributed by atoms with Gasteiger partial charge in [0.15, 0.2) is 0 Å². The molecule has 0 aromatic heterocycles. The smallest absolute Gasteiger partial charge is 0.363 e. The van der Waals surface area contributed by atoms with Crippen molar-refractivity contribution in [1.82, 2.24) is 10.2 Å². The van der Waals surface area contributed by atoms with Crippen molar-refractivity contribution in [2.24, 2.45) is 5.41 Å². The van der Waals surface area contributed by atoms with Crippen molar-refractivity contribution in [1.29, 1.82) is 0 Å². The number of benzene rings is 2. The summed E-state index contributed by atoms with van der Waals surface area (Å²) in [6, 6.07) is 9.22. The second-order valence-corrected chi connectivity index (χ2v) is 12.3. The average Bonchev–Trinajstić information content (AvgIpc) is 3.56. The third kappa shape index (κ3) is 6.13. The van der Waals surface area contributed by atoms with Gasteiger partial charge in [-0.15, -0.1) is 0 Å². The summed E-state index contributed by atoms with van der Waals surface area (Å²) in [6.07, 6.45) is 1.63. The molecule has 3 atom stereocenters. The highest BCUT2D eigenvalue weighted by atomic mass is 35.5. The molecule has 2 heterocycles. The fraction of sp³-hybridized carbons (Fsp3) is 0.387. The first-order valence-corrected chi connectivity index (χ1v) is 14.3. The van der Waals surface area contributed by atoms with Crippen LogP contribution in [0.1, 0.15) is 50.8 Å². The Morgan fingerprint density at radius 2 is 1.80 bits per heavy atom. The first kappa shape index (κ1) is 32.5. The number of hydrogen-bond donors (Lipinski definition) is 4. The summed E-state index contributed by atoms with van der Waals surface area (Å²) in [7, 11) is 1.62. The molecule has 12 nitrogen and oxygen atoms in total. The third-order valence-corrected chi connectivity index (χ3v) is 8.03. The number of fused-ring (bicyclic) bond motifs is 1. The van der Waals surface area contributed by atoms with Crippen LogP contribution < -0.4 is 15.0 Å². The van der Waals surface area contributed by atoms with E-state index in [4.69, 9.17) is 16.3 Å². The van der Waals surface area contributed by atoms with Gasteiger partial charge < -0.3 is 35.2 Å². The number of carboxylic acids is 2. The van der Waals surface area contributed by atoms with Crippen molar-refractivity contribution in [2.75, 3.05) is 18.5 Å². The van der Waals surface area contributed by atoms with E-state index in [0.717, 1.165) is 6.08 Å². The largest absolute Gasteiger partial charge is 0.478 e. The number of likely N-dealkylation sites (N-methyl/N-ethyl adjacent to an activating group) is 1. The van der Waals surface area contributed by atoms with Gasteiger partial charge in [-0.05, 0) is 60.2 Å². The Morgan fingerprint density at radius 1 is 1.11 bits per heavy atom. The average molecular weight is 628 g/mol. The molecule has 2 aromatic rings. The topological polar surface area (TPSA) is 174 Å². The lowest BCUT2D eigenvalue weighted by atomic mass is 9.85. The Morgan fingerprint density at radius 3 is 2.41 bits per heavy atom. The van der Waals surface area contributed by atoms with E-state index < -0.39 is 53.0 Å². The van der Waals surface area contributed by atoms with E-state index in [2.05, 4.69) is 5.32 Å². The number of aliphatic hydroxyl groups is 1. The van der Waals surface area contributed by atoms with Gasteiger partial charge in [0, 0.05) is 35.9 Å². The molecule has 0 bridgehead atoms. The molecule has 3 amide bonds. The van der Waals surface area contributed by atoms with Gasteiger partial charge in [-0.1, -0.05) is 44.5 Å². The summed E-state index contributed by atoms with van der Waals surface area (Å²) in [5.41, 5.74) is -2.73. The van der Waals surface area contributed by atoms with Crippen molar-refractivity contribution >= 4 is 53.0 Å². The molecular weight excluding hydrogens is 594 g/mol. The maximum atomic E-state index is 13.8. The van der Waals surface area contributed by atoms with Crippen molar-refractivity contribution in [3.05, 3.63) is 64.7 Å². The fourth-order valence-electron chi connectivity index (χ4n) is 5.34. The molecule has 0 aliphatic carbocycles. The summed E-state index contributed by atoms with van der Waals surface area (Å²) < 4.78 is 5.12. The monoisotopic (exact) mass is 627 g/mol. The minimum atomic E-state index is -2.89. The second kappa shape index (κ2) is 12.3. The van der Waals surface area contributed by atoms with Crippen LogP contribution in [0.25, 0.3) is 6.08 Å². The van der Waals surface area contributed by atoms with Crippen LogP contribution in [0, 0.1) is 5.41 Å². The van der Waals surface area contributed by atoms with Gasteiger partial charge in [0.05, 0.1) is 0 Å². The number of halogens is 1. The number of carboxylic acid groups (broad SMARTS) is 2. The maximum Gasteiger partial charge on any atom is 0.363 e. The van der Waals surface area contributed by atoms with Gasteiger partial charge in [0.25, 0.3) is 0 Å². The second-order valence-electron chi connectivity index (χ2n) is 11.9. The molecule has 0 radical (unpaired) electrons. The van der Waals surface area contributed by atoms with Crippen LogP contribution in [0.4, 0.5) is 5.69 Å². The number of hydrogen-bond acceptors (Lipinski definition) is 7. The Bertz CT molecular complexity index is 1520. The van der Waals surface area contributed by atoms with Crippen molar-refractivity contribution in [2.45, 2.75) is 57.4 Å². The van der Waals surface area contributed by atoms with E-state index >= 15 is 0 Å². The van der Waals surface area contributed by atoms with E-state index in [1.807, 2.05) is 0 Å². The Hall–Kier alpha value is -4.42. The molecule has 4 rings (SSSR count). The molecule has 2 aliphatic heterocycles. The highest BCUT2D eigenvalue weighted by Crippen LogP contribution is 2.44. The summed E-state index contributed by atoms with van der Waals surface area (Å²) in [6.45, 7) is 5.74. The highest BCUT2D eigenvalue weighted by Gasteiger charge is 2.61. The molecule has 1 unspecified atom stereocenters. The maximum absolute atomic E-state index is 13.8. The highest BCUT2D eigenvalue weighted by molar-refractivity contribution is 6.31. The van der Waals surface area contributed by atoms with Crippen LogP contribution in [0.15, 0.2) is 48.5 Å². The normalized spacial score (nSPS) is 19.6. The Kier molecular flexibility index (Phi) is 9.08. The van der Waals surface area contributed by atoms with Gasteiger partial charge in [-0.25, -0.2) is 9.59 Å². The number of aliphatic carboxylic acids is 2. The molecule has 1 fully saturated rings. The predicted molar refractivity (Wildman–Crippen MR) is 160 cm³/mol. The van der Waals surface area contributed by atoms with E-state index in [0.29, 0.717) is 35.7 Å². The van der Waals surface area contributed by atoms with E-state index in [1.54, 1.807) is 52.1 Å². The van der Waals surface area contributed by atoms with Crippen LogP contribution in [0.5, 0.6) is 5.75 Å². The molecule has 4 N–H and O–H groups in total. The molecule has 2 aromatic carbocycles. The zero-order valence-electron chi connectivity index (χ0n) is 24.6. The van der Waals surface area contributed by atoms with Gasteiger partial charge in [0.1, 0.15) is 23.9 Å². The molecule has 0 saturated carbocycles. The van der Waals surface area contributed by atoms with Gasteiger partial charge in [0.2, 0.25) is 17.7 Å². The summed E-state index contributed by atoms with van der Waals surface area (Å²) >= 11 is 6.09. The number of aliphatic hydroxyl groups excluding tert-OH is 1. The number of rotatable bonds is 8. The quantitative estimate of drug-likeness (QED) is 0.253. The lowest BCUT2D eigenvalue weighted by molar-refractivity contribution is -0.180. The van der Waals surface area contributed by atoms with E-state index in [1.165, 1.54) is 34.1 Å². The zero-order valence-corrected chi connectivity index (χ0v) is 25.4. The first-order chi connectivity index (χ1) is 20.6. The number of nitrogens with one attached hydrogen (secondary N) is 1. The summed E-state index contributed by atoms with van der Waals surface area (Å²) in [5, 5.41) is 32.6. The van der Waals surface area contributed by atoms with Crippen LogP contribution in [0.3, 0.4) is 0 Å². The Labute approximate surface area is 258 Å². The van der Waals surface area contributed by atoms with Crippen LogP contribution in [0.2, 0.25) is 5.02 Å². The third-order valence-electron chi connectivity index (χ3n) is 7.79. The minimum absolute atomic E-state index is 0.0624. The van der Waals surface area contributed by atoms with Crippen molar-refractivity contribution in [3.63, 3.8) is 0 Å². The van der Waals surface area contributed by atoms with Crippen LogP contribution in [-0.2, 0) is 24.0 Å². The molecule has 234 valence electrons. The van der Waals surface area contributed by atoms with Crippen molar-refractivity contribution in [3.8, 4) is 5.75 Å². The summed E-state index contributed by atoms with van der Waals surface area (Å²) in [5.74, 6) is -5.11. The first-order valence-electron chi connectivity index (χ1n) is 13.9. The van der Waals surface area contributed by atoms with Crippen LogP contribution >= 0.6 is 11.6 Å². The standard InChI is InChI=1S/C31H34ClN3O9/c1-30(2,3)24(27(39)35-14-6-9-21(35)26(38)34(4)19-8-5-7-18(32)16-19)33-23(36)13-11-17-10-12-22-20(15-17)25(37)31(44-22,28(40)41)29(42)43/h5,7-8,10-13,15-16,21,24-25,37H,6,9,14H2,1-4H3,(H,33,36)(H,40,41)(H,42,43)/b13-11+/t21-,24+,25?/m0/s1. The van der Waals surface area contributed by atoms with Gasteiger partial charge in [-0.3, -0.25) is 14.4 Å². The molecule has 1 saturated heterocycles. The molecule has 2 aliphatic rings. The van der Waals surface area contributed by atoms with Gasteiger partial charge >= 0.3 is 17.5 Å². The molecule has 13 heteroatoms. The number of ether oxygens (including phenoxy) is 1. The van der Waals surface area contributed by atoms with Gasteiger partial charge in [-0.2, -0.15) is 0 Å². The number of carbonyl (C=O) groups excluding carboxylic acids is 3. The molecule has 44 heavy (non-hydrogen) atoms. The van der Waals surface area contributed by atoms with Crippen LogP contribution in [-0.4, -0.2) is 81.2 Å². The number of carbonyl (C=O) groups is 5. The lowest BCUT2D eigenvalue weighted by Gasteiger charge is -2.36. The number of amides is 3. The van der Waals surface area contributed by atoms with Crippen molar-refractivity contribution < 1.29 is 44.0 Å². The zero-order chi connectivity index (χ0) is 32.6. The fourth-order valence-corrected chi connectivity index (χ4v) is 5.52. The van der Waals surface area contributed by atoms with E-state index in [-0.39, 0.29) is 17.2 Å². The van der Waals surface area contributed by atoms with E-state index in [9.17, 15) is 39.3 Å². The minimum Gasteiger partial charge on any atom is -0.478 e. The number of nitrogens with zero attached hydrogens (tertiary/aromatic N) is 2. The lowest BCUT2D eigenvalue weighted by Crippen LogP contribution is -2.57. The molecular formula is C31H34ClN3O9. The summed E-state index contributed by atoms with van der Waals surface area (Å²) in [4.78, 5) is 66.6. The predicted octanol–water partition coefficient (Wildman–Crippen LogP) is 2.87.